The minimum atomic E-state index is -0.611. The molecule has 0 atom stereocenters. The van der Waals surface area contributed by atoms with E-state index in [1.54, 1.807) is 12.1 Å². The van der Waals surface area contributed by atoms with Crippen LogP contribution in [0.3, 0.4) is 0 Å². The van der Waals surface area contributed by atoms with E-state index in [1.165, 1.54) is 12.1 Å². The van der Waals surface area contributed by atoms with Crippen LogP contribution in [0.2, 0.25) is 0 Å². The molecular formula is C36H9B15N2O2. The number of non-ortho nitro benzene ring substituents is 1. The van der Waals surface area contributed by atoms with Gasteiger partial charge in [0.25, 0.3) is 5.69 Å². The number of fused-ring (bicyclic) bond motifs is 3. The van der Waals surface area contributed by atoms with E-state index in [4.69, 9.17) is 118 Å². The second-order valence-electron chi connectivity index (χ2n) is 13.1. The van der Waals surface area contributed by atoms with Gasteiger partial charge in [-0.15, -0.1) is 49.2 Å². The second-order valence-corrected chi connectivity index (χ2v) is 13.1. The average Bonchev–Trinajstić information content (AvgIpc) is 3.49. The molecule has 0 unspecified atom stereocenters. The molecule has 0 saturated carbocycles. The summed E-state index contributed by atoms with van der Waals surface area (Å²) in [7, 11) is 95.8. The van der Waals surface area contributed by atoms with Crippen LogP contribution in [0.1, 0.15) is 0 Å². The van der Waals surface area contributed by atoms with Crippen molar-refractivity contribution in [3.8, 4) is 39.1 Å². The molecule has 1 aromatic heterocycles. The highest BCUT2D eigenvalue weighted by atomic mass is 16.6. The number of aromatic nitrogens is 1. The van der Waals surface area contributed by atoms with Gasteiger partial charge in [0.05, 0.1) is 21.6 Å². The lowest BCUT2D eigenvalue weighted by atomic mass is 9.58. The molecule has 7 rings (SSSR count). The van der Waals surface area contributed by atoms with Crippen LogP contribution in [0.15, 0.2) is 54.6 Å². The number of hydrogen-bond acceptors (Lipinski definition) is 2. The molecule has 55 heavy (non-hydrogen) atoms. The summed E-state index contributed by atoms with van der Waals surface area (Å²) in [6, 6.07) is 15.3. The van der Waals surface area contributed by atoms with Gasteiger partial charge in [-0.05, 0) is 40.5 Å². The molecule has 6 aromatic carbocycles. The van der Waals surface area contributed by atoms with Crippen LogP contribution in [0.4, 0.5) is 5.69 Å². The normalized spacial score (nSPS) is 11.4. The average molecular weight is 664 g/mol. The van der Waals surface area contributed by atoms with E-state index in [2.05, 4.69) is 0 Å². The Kier molecular flexibility index (Phi) is 9.80. The van der Waals surface area contributed by atoms with Gasteiger partial charge in [0, 0.05) is 34.0 Å². The Morgan fingerprint density at radius 2 is 0.782 bits per heavy atom. The summed E-state index contributed by atoms with van der Waals surface area (Å²) in [4.78, 5) is 12.1. The molecule has 0 saturated heterocycles. The molecule has 7 aromatic rings. The predicted octanol–water partition coefficient (Wildman–Crippen LogP) is -8.40. The maximum absolute atomic E-state index is 12.7. The van der Waals surface area contributed by atoms with Gasteiger partial charge >= 0.3 is 0 Å². The lowest BCUT2D eigenvalue weighted by molar-refractivity contribution is -0.384. The van der Waals surface area contributed by atoms with Crippen molar-refractivity contribution in [3.63, 3.8) is 0 Å². The van der Waals surface area contributed by atoms with Crippen molar-refractivity contribution < 1.29 is 4.92 Å². The van der Waals surface area contributed by atoms with Crippen LogP contribution < -0.4 is 81.9 Å². The fourth-order valence-electron chi connectivity index (χ4n) is 7.16. The van der Waals surface area contributed by atoms with E-state index in [0.29, 0.717) is 27.5 Å². The van der Waals surface area contributed by atoms with Gasteiger partial charge in [-0.2, -0.15) is 0 Å². The Morgan fingerprint density at radius 3 is 1.20 bits per heavy atom. The van der Waals surface area contributed by atoms with Crippen LogP contribution in [-0.2, 0) is 0 Å². The molecule has 4 nitrogen and oxygen atoms in total. The van der Waals surface area contributed by atoms with E-state index >= 15 is 0 Å². The maximum atomic E-state index is 12.7. The van der Waals surface area contributed by atoms with Gasteiger partial charge in [0.2, 0.25) is 0 Å². The molecule has 19 heteroatoms. The number of rotatable bonds is 5. The molecule has 30 radical (unpaired) electrons. The summed E-state index contributed by atoms with van der Waals surface area (Å²) >= 11 is 0. The molecular weight excluding hydrogens is 655 g/mol. The first-order valence-electron chi connectivity index (χ1n) is 16.3. The highest BCUT2D eigenvalue weighted by molar-refractivity contribution is 6.71. The van der Waals surface area contributed by atoms with E-state index in [9.17, 15) is 10.1 Å². The Balaban J connectivity index is 1.74. The third-order valence-electron chi connectivity index (χ3n) is 10.1. The molecule has 0 amide bonds. The van der Waals surface area contributed by atoms with Crippen molar-refractivity contribution in [2.75, 3.05) is 0 Å². The van der Waals surface area contributed by atoms with Gasteiger partial charge < -0.3 is 4.57 Å². The Morgan fingerprint density at radius 1 is 0.418 bits per heavy atom. The number of nitro groups is 1. The molecule has 0 aliphatic heterocycles. The molecule has 1 heterocycles. The lowest BCUT2D eigenvalue weighted by Crippen LogP contribution is -2.55. The van der Waals surface area contributed by atoms with Gasteiger partial charge in [-0.1, -0.05) is 57.0 Å². The number of nitro benzene ring substituents is 1. The lowest BCUT2D eigenvalue weighted by Gasteiger charge is -2.28. The van der Waals surface area contributed by atoms with Gasteiger partial charge in [0.1, 0.15) is 118 Å². The van der Waals surface area contributed by atoms with Gasteiger partial charge in [0.15, 0.2) is 0 Å². The Hall–Kier alpha value is -4.51. The van der Waals surface area contributed by atoms with Crippen LogP contribution >= 0.6 is 0 Å². The van der Waals surface area contributed by atoms with Crippen molar-refractivity contribution >= 4 is 227 Å². The maximum Gasteiger partial charge on any atom is 0.270 e. The molecule has 0 fully saturated rings. The monoisotopic (exact) mass is 666 g/mol. The molecule has 0 bridgehead atoms. The molecule has 0 aliphatic rings. The second kappa shape index (κ2) is 13.9. The van der Waals surface area contributed by atoms with E-state index in [1.807, 2.05) is 34.9 Å². The largest absolute Gasteiger partial charge is 0.308 e. The fourth-order valence-corrected chi connectivity index (χ4v) is 7.16. The zero-order chi connectivity index (χ0) is 40.1. The quantitative estimate of drug-likeness (QED) is 0.105. The molecule has 0 spiro atoms. The van der Waals surface area contributed by atoms with Crippen molar-refractivity contribution in [1.29, 1.82) is 0 Å². The van der Waals surface area contributed by atoms with E-state index < -0.39 is 10.6 Å². The summed E-state index contributed by atoms with van der Waals surface area (Å²) in [6.45, 7) is 0. The zero-order valence-corrected chi connectivity index (χ0v) is 29.1. The minimum Gasteiger partial charge on any atom is -0.308 e. The number of benzene rings is 6. The minimum absolute atomic E-state index is 0.0496. The van der Waals surface area contributed by atoms with Gasteiger partial charge in [-0.25, -0.2) is 0 Å². The topological polar surface area (TPSA) is 48.1 Å². The van der Waals surface area contributed by atoms with Crippen molar-refractivity contribution in [2.45, 2.75) is 0 Å². The summed E-state index contributed by atoms with van der Waals surface area (Å²) in [5.74, 6) is 0. The third kappa shape index (κ3) is 5.74. The van der Waals surface area contributed by atoms with Crippen LogP contribution in [-0.4, -0.2) is 127 Å². The number of para-hydroxylation sites is 1. The standard InChI is InChI=1S/C36H9B15N2O2/c37-21-18(22(38)28(44)33(49)27(21)43)10-5-6-17-13(7-10)12-3-1-2-4-16(12)52(17)36-14(19-23(39)29(45)34(50)30(46)24(19)40)8-11(53(54)55)9-15(36)20-25(41)31(47)35(51)32(48)26(20)42/h1-9H. The molecule has 0 N–H and O–H groups in total. The predicted molar refractivity (Wildman–Crippen MR) is 245 cm³/mol. The number of nitrogens with zero attached hydrogens (tertiary/aromatic N) is 2. The molecule has 220 valence electrons. The van der Waals surface area contributed by atoms with Gasteiger partial charge in [-0.3, -0.25) is 10.1 Å². The fraction of sp³-hybridized carbons (Fsp3) is 0. The smallest absolute Gasteiger partial charge is 0.270 e. The Bertz CT molecular complexity index is 2690. The third-order valence-corrected chi connectivity index (χ3v) is 10.1. The Labute approximate surface area is 338 Å². The first-order chi connectivity index (χ1) is 25.9. The molecule has 0 aliphatic carbocycles. The summed E-state index contributed by atoms with van der Waals surface area (Å²) in [6.07, 6.45) is 0. The van der Waals surface area contributed by atoms with Crippen LogP contribution in [0.5, 0.6) is 0 Å². The van der Waals surface area contributed by atoms with Crippen LogP contribution in [0, 0.1) is 10.1 Å². The van der Waals surface area contributed by atoms with Crippen LogP contribution in [0.25, 0.3) is 60.9 Å². The summed E-state index contributed by atoms with van der Waals surface area (Å²) < 4.78 is 1.82. The highest BCUT2D eigenvalue weighted by Crippen LogP contribution is 2.42. The zero-order valence-electron chi connectivity index (χ0n) is 29.1. The first-order valence-corrected chi connectivity index (χ1v) is 16.3. The van der Waals surface area contributed by atoms with Crippen molar-refractivity contribution in [2.24, 2.45) is 0 Å². The van der Waals surface area contributed by atoms with E-state index in [-0.39, 0.29) is 110 Å². The SMILES string of the molecule is [B]c1c([B])c([B])c(-c2ccc3c(c2)c2ccccc2n3-c2c(-c3c([B])c([B])c([B])c([B])c3[B])cc([N+](=O)[O-])cc2-c2c([B])c([B])c([B])c([B])c2[B])c([B])c1[B]. The summed E-state index contributed by atoms with van der Waals surface area (Å²) in [5, 5.41) is 14.1. The highest BCUT2D eigenvalue weighted by Gasteiger charge is 2.28. The summed E-state index contributed by atoms with van der Waals surface area (Å²) in [5.41, 5.74) is 1.87. The van der Waals surface area contributed by atoms with Crippen molar-refractivity contribution in [1.82, 2.24) is 4.57 Å². The number of hydrogen-bond donors (Lipinski definition) is 0. The first kappa shape index (κ1) is 38.8. The van der Waals surface area contributed by atoms with E-state index in [0.717, 1.165) is 5.39 Å². The van der Waals surface area contributed by atoms with Crippen molar-refractivity contribution in [3.05, 3.63) is 64.7 Å².